The largest absolute Gasteiger partial charge is 0.387 e. The first-order valence-electron chi connectivity index (χ1n) is 8.88. The zero-order valence-electron chi connectivity index (χ0n) is 14.5. The van der Waals surface area contributed by atoms with Gasteiger partial charge in [0.05, 0.1) is 6.10 Å². The van der Waals surface area contributed by atoms with Gasteiger partial charge in [0.25, 0.3) is 0 Å². The molecule has 2 N–H and O–H groups in total. The average Bonchev–Trinajstić information content (AvgIpc) is 3.11. The molecule has 0 saturated carbocycles. The molecule has 136 valence electrons. The van der Waals surface area contributed by atoms with Crippen LogP contribution in [0.25, 0.3) is 0 Å². The Hall–Kier alpha value is -2.53. The van der Waals surface area contributed by atoms with Gasteiger partial charge in [0.2, 0.25) is 5.91 Å². The number of hydrogen-bond acceptors (Lipinski definition) is 3. The molecule has 0 fully saturated rings. The average molecular weight is 355 g/mol. The molecule has 2 aromatic rings. The van der Waals surface area contributed by atoms with Gasteiger partial charge in [-0.1, -0.05) is 24.3 Å². The Labute approximate surface area is 152 Å². The molecule has 1 amide bonds. The van der Waals surface area contributed by atoms with Gasteiger partial charge in [0.1, 0.15) is 5.82 Å². The van der Waals surface area contributed by atoms with Crippen LogP contribution in [0.1, 0.15) is 52.4 Å². The predicted molar refractivity (Wildman–Crippen MR) is 96.4 cm³/mol. The first-order chi connectivity index (χ1) is 12.5. The van der Waals surface area contributed by atoms with Crippen LogP contribution in [-0.2, 0) is 17.6 Å². The van der Waals surface area contributed by atoms with Crippen molar-refractivity contribution in [3.63, 3.8) is 0 Å². The second kappa shape index (κ2) is 8.23. The minimum absolute atomic E-state index is 0.0185. The molecule has 0 aromatic heterocycles. The molecule has 0 radical (unpaired) electrons. The van der Waals surface area contributed by atoms with E-state index in [4.69, 9.17) is 0 Å². The fourth-order valence-electron chi connectivity index (χ4n) is 3.25. The molecule has 0 spiro atoms. The number of aliphatic hydroxyl groups excluding tert-OH is 1. The van der Waals surface area contributed by atoms with Crippen molar-refractivity contribution in [2.75, 3.05) is 6.54 Å². The van der Waals surface area contributed by atoms with Crippen LogP contribution in [0.3, 0.4) is 0 Å². The van der Waals surface area contributed by atoms with Crippen LogP contribution in [0.15, 0.2) is 42.5 Å². The number of benzene rings is 2. The molecule has 26 heavy (non-hydrogen) atoms. The maximum absolute atomic E-state index is 13.1. The summed E-state index contributed by atoms with van der Waals surface area (Å²) in [5.41, 5.74) is 3.60. The van der Waals surface area contributed by atoms with Crippen LogP contribution < -0.4 is 5.32 Å². The molecule has 5 heteroatoms. The topological polar surface area (TPSA) is 66.4 Å². The van der Waals surface area contributed by atoms with E-state index in [0.29, 0.717) is 11.1 Å². The van der Waals surface area contributed by atoms with Gasteiger partial charge >= 0.3 is 0 Å². The van der Waals surface area contributed by atoms with E-state index < -0.39 is 11.9 Å². The summed E-state index contributed by atoms with van der Waals surface area (Å²) in [4.78, 5) is 24.2. The van der Waals surface area contributed by atoms with Crippen LogP contribution >= 0.6 is 0 Å². The summed E-state index contributed by atoms with van der Waals surface area (Å²) >= 11 is 0. The summed E-state index contributed by atoms with van der Waals surface area (Å²) in [5.74, 6) is -0.802. The number of Topliss-reactive ketones (excluding diaryl/α,β-unsaturated/α-hetero) is 1. The minimum Gasteiger partial charge on any atom is -0.387 e. The Kier molecular flexibility index (Phi) is 5.78. The molecule has 1 unspecified atom stereocenters. The van der Waals surface area contributed by atoms with E-state index in [1.54, 1.807) is 6.07 Å². The first kappa shape index (κ1) is 18.3. The molecule has 2 aromatic carbocycles. The van der Waals surface area contributed by atoms with Gasteiger partial charge in [-0.15, -0.1) is 0 Å². The predicted octanol–water partition coefficient (Wildman–Crippen LogP) is 3.13. The van der Waals surface area contributed by atoms with Crippen molar-refractivity contribution in [3.05, 3.63) is 70.5 Å². The summed E-state index contributed by atoms with van der Waals surface area (Å²) in [6, 6.07) is 11.4. The van der Waals surface area contributed by atoms with Gasteiger partial charge in [-0.25, -0.2) is 4.39 Å². The van der Waals surface area contributed by atoms with E-state index in [0.717, 1.165) is 19.3 Å². The fraction of sp³-hybridized carbons (Fsp3) is 0.333. The van der Waals surface area contributed by atoms with Gasteiger partial charge in [0, 0.05) is 24.9 Å². The highest BCUT2D eigenvalue weighted by Gasteiger charge is 2.15. The Morgan fingerprint density at radius 2 is 1.88 bits per heavy atom. The fourth-order valence-corrected chi connectivity index (χ4v) is 3.25. The molecular weight excluding hydrogens is 333 g/mol. The van der Waals surface area contributed by atoms with Crippen molar-refractivity contribution in [1.82, 2.24) is 5.32 Å². The summed E-state index contributed by atoms with van der Waals surface area (Å²) < 4.78 is 13.1. The number of carbonyl (C=O) groups is 2. The highest BCUT2D eigenvalue weighted by atomic mass is 19.1. The number of rotatable bonds is 7. The summed E-state index contributed by atoms with van der Waals surface area (Å²) in [5, 5.41) is 12.6. The summed E-state index contributed by atoms with van der Waals surface area (Å²) in [7, 11) is 0. The van der Waals surface area contributed by atoms with E-state index in [1.807, 2.05) is 18.2 Å². The van der Waals surface area contributed by atoms with Crippen LogP contribution in [0.5, 0.6) is 0 Å². The van der Waals surface area contributed by atoms with Crippen molar-refractivity contribution in [1.29, 1.82) is 0 Å². The number of nitrogens with one attached hydrogen (secondary N) is 1. The smallest absolute Gasteiger partial charge is 0.220 e. The highest BCUT2D eigenvalue weighted by molar-refractivity contribution is 5.98. The lowest BCUT2D eigenvalue weighted by molar-refractivity contribution is -0.121. The zero-order valence-corrected chi connectivity index (χ0v) is 14.5. The third-order valence-corrected chi connectivity index (χ3v) is 4.73. The molecule has 4 nitrogen and oxygen atoms in total. The maximum Gasteiger partial charge on any atom is 0.220 e. The van der Waals surface area contributed by atoms with E-state index >= 15 is 0 Å². The van der Waals surface area contributed by atoms with E-state index in [1.165, 1.54) is 29.3 Å². The molecule has 1 aliphatic carbocycles. The van der Waals surface area contributed by atoms with Gasteiger partial charge in [0.15, 0.2) is 5.78 Å². The molecule has 0 bridgehead atoms. The standard InChI is InChI=1S/C21H22FNO3/c22-18-6-2-5-16(12-18)20(25)13-23-21(26)10-9-19(24)17-8-7-14-3-1-4-15(14)11-17/h2,5-8,11-12,20,25H,1,3-4,9-10,13H2,(H,23,26). The second-order valence-electron chi connectivity index (χ2n) is 6.64. The normalized spacial score (nSPS) is 13.9. The first-order valence-corrected chi connectivity index (χ1v) is 8.88. The molecule has 1 atom stereocenters. The Balaban J connectivity index is 1.46. The maximum atomic E-state index is 13.1. The number of fused-ring (bicyclic) bond motifs is 1. The number of hydrogen-bond donors (Lipinski definition) is 2. The number of amides is 1. The van der Waals surface area contributed by atoms with Crippen molar-refractivity contribution in [2.45, 2.75) is 38.2 Å². The summed E-state index contributed by atoms with van der Waals surface area (Å²) in [6.07, 6.45) is 2.41. The third kappa shape index (κ3) is 4.55. The minimum atomic E-state index is -0.984. The number of ketones is 1. The van der Waals surface area contributed by atoms with Crippen LogP contribution in [0.2, 0.25) is 0 Å². The van der Waals surface area contributed by atoms with Crippen molar-refractivity contribution in [3.8, 4) is 0 Å². The van der Waals surface area contributed by atoms with Crippen LogP contribution in [0, 0.1) is 5.82 Å². The lowest BCUT2D eigenvalue weighted by atomic mass is 10.0. The number of halogens is 1. The molecule has 1 aliphatic rings. The Morgan fingerprint density at radius 3 is 2.69 bits per heavy atom. The van der Waals surface area contributed by atoms with Crippen molar-refractivity contribution >= 4 is 11.7 Å². The molecular formula is C21H22FNO3. The van der Waals surface area contributed by atoms with Crippen LogP contribution in [0.4, 0.5) is 4.39 Å². The molecule has 3 rings (SSSR count). The lowest BCUT2D eigenvalue weighted by Crippen LogP contribution is -2.28. The van der Waals surface area contributed by atoms with E-state index in [2.05, 4.69) is 5.32 Å². The Morgan fingerprint density at radius 1 is 1.08 bits per heavy atom. The van der Waals surface area contributed by atoms with Crippen LogP contribution in [-0.4, -0.2) is 23.3 Å². The quantitative estimate of drug-likeness (QED) is 0.750. The van der Waals surface area contributed by atoms with Crippen molar-refractivity contribution < 1.29 is 19.1 Å². The van der Waals surface area contributed by atoms with Crippen molar-refractivity contribution in [2.24, 2.45) is 0 Å². The summed E-state index contributed by atoms with van der Waals surface area (Å²) in [6.45, 7) is -0.0185. The Bertz CT molecular complexity index is 819. The van der Waals surface area contributed by atoms with Gasteiger partial charge in [-0.3, -0.25) is 9.59 Å². The van der Waals surface area contributed by atoms with E-state index in [-0.39, 0.29) is 31.1 Å². The number of aryl methyl sites for hydroxylation is 2. The SMILES string of the molecule is O=C(CCC(=O)c1ccc2c(c1)CCC2)NCC(O)c1cccc(F)c1. The molecule has 0 aliphatic heterocycles. The molecule has 0 saturated heterocycles. The van der Waals surface area contributed by atoms with Gasteiger partial charge < -0.3 is 10.4 Å². The third-order valence-electron chi connectivity index (χ3n) is 4.73. The number of aliphatic hydroxyl groups is 1. The lowest BCUT2D eigenvalue weighted by Gasteiger charge is -2.12. The monoisotopic (exact) mass is 355 g/mol. The van der Waals surface area contributed by atoms with Gasteiger partial charge in [-0.2, -0.15) is 0 Å². The van der Waals surface area contributed by atoms with E-state index in [9.17, 15) is 19.1 Å². The molecule has 0 heterocycles. The zero-order chi connectivity index (χ0) is 18.5. The van der Waals surface area contributed by atoms with Gasteiger partial charge in [-0.05, 0) is 54.2 Å². The highest BCUT2D eigenvalue weighted by Crippen LogP contribution is 2.23. The number of carbonyl (C=O) groups excluding carboxylic acids is 2. The second-order valence-corrected chi connectivity index (χ2v) is 6.64.